The van der Waals surface area contributed by atoms with E-state index in [1.54, 1.807) is 47.3 Å². The molecular formula is C24H20N4O3. The second-order valence-electron chi connectivity index (χ2n) is 7.01. The Balaban J connectivity index is 1.67. The summed E-state index contributed by atoms with van der Waals surface area (Å²) < 4.78 is 1.67. The second kappa shape index (κ2) is 8.54. The summed E-state index contributed by atoms with van der Waals surface area (Å²) in [6.07, 6.45) is 3.50. The fourth-order valence-corrected chi connectivity index (χ4v) is 3.02. The summed E-state index contributed by atoms with van der Waals surface area (Å²) in [6.45, 7) is 2.02. The number of hydrogen-bond acceptors (Lipinski definition) is 5. The fraction of sp³-hybridized carbons (Fsp3) is 0.0417. The first kappa shape index (κ1) is 19.9. The molecule has 154 valence electrons. The van der Waals surface area contributed by atoms with Gasteiger partial charge < -0.3 is 10.2 Å². The predicted octanol–water partition coefficient (Wildman–Crippen LogP) is 4.70. The Hall–Kier alpha value is -4.39. The molecule has 1 aromatic heterocycles. The van der Waals surface area contributed by atoms with Gasteiger partial charge in [-0.3, -0.25) is 5.43 Å². The zero-order valence-corrected chi connectivity index (χ0v) is 16.7. The molecular weight excluding hydrogens is 392 g/mol. The Morgan fingerprint density at radius 1 is 1.00 bits per heavy atom. The molecule has 0 saturated carbocycles. The average molecular weight is 412 g/mol. The predicted molar refractivity (Wildman–Crippen MR) is 120 cm³/mol. The van der Waals surface area contributed by atoms with Crippen LogP contribution < -0.4 is 5.43 Å². The van der Waals surface area contributed by atoms with E-state index in [1.165, 1.54) is 17.7 Å². The van der Waals surface area contributed by atoms with Crippen LogP contribution in [0, 0.1) is 6.92 Å². The van der Waals surface area contributed by atoms with Gasteiger partial charge in [-0.05, 0) is 67.6 Å². The Labute approximate surface area is 178 Å². The fourth-order valence-electron chi connectivity index (χ4n) is 3.02. The van der Waals surface area contributed by atoms with E-state index in [9.17, 15) is 9.90 Å². The standard InChI is InChI=1S/C24H20N4O3/c1-16-2-8-20(9-3-16)26-25-14-19-15-28(21-10-4-18(5-11-21)24(30)31)27-23(19)17-6-12-22(29)13-7-17/h2-15,26,29H,1H3,(H,30,31)/b25-14+. The van der Waals surface area contributed by atoms with E-state index in [0.717, 1.165) is 22.5 Å². The van der Waals surface area contributed by atoms with Crippen LogP contribution in [0.3, 0.4) is 0 Å². The molecule has 0 fully saturated rings. The van der Waals surface area contributed by atoms with Gasteiger partial charge in [0.05, 0.1) is 23.2 Å². The largest absolute Gasteiger partial charge is 0.508 e. The van der Waals surface area contributed by atoms with Crippen LogP contribution in [0.5, 0.6) is 5.75 Å². The Morgan fingerprint density at radius 2 is 1.68 bits per heavy atom. The van der Waals surface area contributed by atoms with Crippen LogP contribution in [0.25, 0.3) is 16.9 Å². The van der Waals surface area contributed by atoms with E-state index in [4.69, 9.17) is 5.11 Å². The zero-order valence-electron chi connectivity index (χ0n) is 16.7. The van der Waals surface area contributed by atoms with Crippen LogP contribution in [-0.2, 0) is 0 Å². The Bertz CT molecular complexity index is 1230. The van der Waals surface area contributed by atoms with Crippen LogP contribution >= 0.6 is 0 Å². The summed E-state index contributed by atoms with van der Waals surface area (Å²) in [6, 6.07) is 21.1. The molecule has 7 nitrogen and oxygen atoms in total. The van der Waals surface area contributed by atoms with Crippen LogP contribution in [0.1, 0.15) is 21.5 Å². The van der Waals surface area contributed by atoms with Crippen LogP contribution in [0.4, 0.5) is 5.69 Å². The molecule has 0 atom stereocenters. The number of rotatable bonds is 6. The number of benzene rings is 3. The SMILES string of the molecule is Cc1ccc(N/N=C/c2cn(-c3ccc(C(=O)O)cc3)nc2-c2ccc(O)cc2)cc1. The lowest BCUT2D eigenvalue weighted by Gasteiger charge is -2.02. The summed E-state index contributed by atoms with van der Waals surface area (Å²) >= 11 is 0. The number of carboxylic acids is 1. The molecule has 1 heterocycles. The van der Waals surface area contributed by atoms with Gasteiger partial charge in [0.1, 0.15) is 11.4 Å². The van der Waals surface area contributed by atoms with Crippen LogP contribution in [0.15, 0.2) is 84.1 Å². The topological polar surface area (TPSA) is 99.7 Å². The lowest BCUT2D eigenvalue weighted by atomic mass is 10.1. The van der Waals surface area contributed by atoms with Crippen molar-refractivity contribution in [3.8, 4) is 22.7 Å². The number of nitrogens with zero attached hydrogens (tertiary/aromatic N) is 3. The first-order chi connectivity index (χ1) is 15.0. The number of anilines is 1. The molecule has 0 aliphatic heterocycles. The van der Waals surface area contributed by atoms with Gasteiger partial charge in [-0.15, -0.1) is 0 Å². The number of nitrogens with one attached hydrogen (secondary N) is 1. The minimum atomic E-state index is -0.980. The lowest BCUT2D eigenvalue weighted by Crippen LogP contribution is -1.98. The van der Waals surface area contributed by atoms with Crippen molar-refractivity contribution in [1.29, 1.82) is 0 Å². The third-order valence-electron chi connectivity index (χ3n) is 4.71. The number of carboxylic acid groups (broad SMARTS) is 1. The molecule has 0 radical (unpaired) electrons. The van der Waals surface area contributed by atoms with E-state index in [0.29, 0.717) is 5.69 Å². The van der Waals surface area contributed by atoms with Gasteiger partial charge in [0.25, 0.3) is 0 Å². The van der Waals surface area contributed by atoms with Crippen molar-refractivity contribution in [3.05, 3.63) is 95.7 Å². The number of aromatic nitrogens is 2. The van der Waals surface area contributed by atoms with Crippen LogP contribution in [-0.4, -0.2) is 32.2 Å². The number of hydrogen-bond donors (Lipinski definition) is 3. The monoisotopic (exact) mass is 412 g/mol. The van der Waals surface area contributed by atoms with Gasteiger partial charge in [-0.2, -0.15) is 10.2 Å². The highest BCUT2D eigenvalue weighted by atomic mass is 16.4. The van der Waals surface area contributed by atoms with Gasteiger partial charge in [-0.1, -0.05) is 17.7 Å². The van der Waals surface area contributed by atoms with Gasteiger partial charge in [0, 0.05) is 17.3 Å². The molecule has 0 amide bonds. The first-order valence-corrected chi connectivity index (χ1v) is 9.58. The Kier molecular flexibility index (Phi) is 5.49. The molecule has 7 heteroatoms. The smallest absolute Gasteiger partial charge is 0.335 e. The maximum absolute atomic E-state index is 11.1. The number of hydrazone groups is 1. The second-order valence-corrected chi connectivity index (χ2v) is 7.01. The van der Waals surface area contributed by atoms with Crippen molar-refractivity contribution >= 4 is 17.9 Å². The maximum atomic E-state index is 11.1. The van der Waals surface area contributed by atoms with Gasteiger partial charge in [0.2, 0.25) is 0 Å². The molecule has 0 spiro atoms. The lowest BCUT2D eigenvalue weighted by molar-refractivity contribution is 0.0697. The van der Waals surface area contributed by atoms with Crippen molar-refractivity contribution in [1.82, 2.24) is 9.78 Å². The number of aromatic carboxylic acids is 1. The highest BCUT2D eigenvalue weighted by Gasteiger charge is 2.12. The van der Waals surface area contributed by atoms with Crippen LogP contribution in [0.2, 0.25) is 0 Å². The molecule has 0 aliphatic rings. The molecule has 3 N–H and O–H groups in total. The minimum absolute atomic E-state index is 0.170. The molecule has 0 saturated heterocycles. The van der Waals surface area contributed by atoms with Crippen molar-refractivity contribution < 1.29 is 15.0 Å². The number of carbonyl (C=O) groups is 1. The molecule has 0 aliphatic carbocycles. The zero-order chi connectivity index (χ0) is 21.8. The number of phenols is 1. The Morgan fingerprint density at radius 3 is 2.32 bits per heavy atom. The number of aromatic hydroxyl groups is 1. The quantitative estimate of drug-likeness (QED) is 0.315. The number of phenolic OH excluding ortho intramolecular Hbond substituents is 1. The molecule has 0 unspecified atom stereocenters. The summed E-state index contributed by atoms with van der Waals surface area (Å²) in [4.78, 5) is 11.1. The highest BCUT2D eigenvalue weighted by Crippen LogP contribution is 2.25. The summed E-state index contributed by atoms with van der Waals surface area (Å²) in [5.41, 5.74) is 8.21. The summed E-state index contributed by atoms with van der Waals surface area (Å²) in [5, 5.41) is 27.7. The van der Waals surface area contributed by atoms with Crippen molar-refractivity contribution in [3.63, 3.8) is 0 Å². The van der Waals surface area contributed by atoms with Gasteiger partial charge in [-0.25, -0.2) is 9.48 Å². The molecule has 4 rings (SSSR count). The van der Waals surface area contributed by atoms with Crippen molar-refractivity contribution in [2.24, 2.45) is 5.10 Å². The summed E-state index contributed by atoms with van der Waals surface area (Å²) in [7, 11) is 0. The van der Waals surface area contributed by atoms with E-state index >= 15 is 0 Å². The van der Waals surface area contributed by atoms with Gasteiger partial charge in [0.15, 0.2) is 0 Å². The summed E-state index contributed by atoms with van der Waals surface area (Å²) in [5.74, 6) is -0.810. The van der Waals surface area contributed by atoms with E-state index in [2.05, 4.69) is 15.6 Å². The van der Waals surface area contributed by atoms with E-state index in [1.807, 2.05) is 37.4 Å². The third-order valence-corrected chi connectivity index (χ3v) is 4.71. The molecule has 4 aromatic rings. The maximum Gasteiger partial charge on any atom is 0.335 e. The van der Waals surface area contributed by atoms with Crippen molar-refractivity contribution in [2.75, 3.05) is 5.43 Å². The average Bonchev–Trinajstić information content (AvgIpc) is 3.20. The molecule has 0 bridgehead atoms. The molecule has 3 aromatic carbocycles. The van der Waals surface area contributed by atoms with E-state index < -0.39 is 5.97 Å². The highest BCUT2D eigenvalue weighted by molar-refractivity contribution is 5.89. The number of aryl methyl sites for hydroxylation is 1. The van der Waals surface area contributed by atoms with E-state index in [-0.39, 0.29) is 11.3 Å². The van der Waals surface area contributed by atoms with Gasteiger partial charge >= 0.3 is 5.97 Å². The normalized spacial score (nSPS) is 11.0. The molecule has 31 heavy (non-hydrogen) atoms. The first-order valence-electron chi connectivity index (χ1n) is 9.58. The van der Waals surface area contributed by atoms with Crippen molar-refractivity contribution in [2.45, 2.75) is 6.92 Å². The minimum Gasteiger partial charge on any atom is -0.508 e. The third kappa shape index (κ3) is 4.62.